The number of amides is 2. The van der Waals surface area contributed by atoms with Gasteiger partial charge in [0.2, 0.25) is 0 Å². The third kappa shape index (κ3) is 5.40. The molecule has 0 spiro atoms. The maximum atomic E-state index is 14.0. The summed E-state index contributed by atoms with van der Waals surface area (Å²) in [6.07, 6.45) is 4.96. The molecule has 6 nitrogen and oxygen atoms in total. The van der Waals surface area contributed by atoms with Gasteiger partial charge in [0.15, 0.2) is 0 Å². The molecule has 1 aromatic rings. The Labute approximate surface area is 171 Å². The van der Waals surface area contributed by atoms with E-state index in [2.05, 4.69) is 21.9 Å². The van der Waals surface area contributed by atoms with Crippen LogP contribution in [0.4, 0.5) is 14.9 Å². The largest absolute Gasteiger partial charge is 0.487 e. The van der Waals surface area contributed by atoms with E-state index in [1.54, 1.807) is 31.0 Å². The molecule has 1 saturated heterocycles. The summed E-state index contributed by atoms with van der Waals surface area (Å²) in [6, 6.07) is 5.17. The molecule has 1 fully saturated rings. The Balaban J connectivity index is 2.27. The normalized spacial score (nSPS) is 18.2. The lowest BCUT2D eigenvalue weighted by molar-refractivity contribution is 0.249. The number of ether oxygens (including phenoxy) is 1. The number of hydrogen-bond acceptors (Lipinski definition) is 4. The van der Waals surface area contributed by atoms with E-state index in [-0.39, 0.29) is 30.6 Å². The number of benzene rings is 1. The molecule has 1 N–H and O–H groups in total. The number of aliphatic imine (C=N–C) groups is 2. The number of halogens is 1. The Bertz CT molecular complexity index is 900. The van der Waals surface area contributed by atoms with Gasteiger partial charge in [-0.3, -0.25) is 14.9 Å². The van der Waals surface area contributed by atoms with Crippen LogP contribution >= 0.6 is 0 Å². The standard InChI is InChI=1S/C22H27FN4O2/c1-6-11-25-20(17(23)7-2)14-29-16-10-9-15(4)21(12-16)27-13-19(24-5)18(8-3)26-22(27)28/h6,8-12H,1,7,13-14H2,2-5H3,(H,26,28)/b18-8+,20-17+,24-19?,25-11?. The van der Waals surface area contributed by atoms with Crippen molar-refractivity contribution in [1.29, 1.82) is 0 Å². The fourth-order valence-corrected chi connectivity index (χ4v) is 2.84. The summed E-state index contributed by atoms with van der Waals surface area (Å²) in [5.41, 5.74) is 3.32. The maximum Gasteiger partial charge on any atom is 0.326 e. The van der Waals surface area contributed by atoms with Gasteiger partial charge in [-0.2, -0.15) is 0 Å². The molecule has 0 bridgehead atoms. The number of carbonyl (C=O) groups excluding carboxylic acids is 1. The second-order valence-corrected chi connectivity index (χ2v) is 6.34. The summed E-state index contributed by atoms with van der Waals surface area (Å²) in [7, 11) is 1.70. The molecule has 29 heavy (non-hydrogen) atoms. The van der Waals surface area contributed by atoms with Gasteiger partial charge in [0.05, 0.1) is 23.6 Å². The van der Waals surface area contributed by atoms with E-state index in [4.69, 9.17) is 4.74 Å². The fraction of sp³-hybridized carbons (Fsp3) is 0.318. The van der Waals surface area contributed by atoms with Gasteiger partial charge in [0, 0.05) is 19.3 Å². The molecule has 154 valence electrons. The highest BCUT2D eigenvalue weighted by Gasteiger charge is 2.27. The Morgan fingerprint density at radius 3 is 2.83 bits per heavy atom. The SMILES string of the molecule is C=CC=N/C(COc1ccc(C)c(N2CC(=NC)/C(=C\C)NC2=O)c1)=C(/F)CC. The van der Waals surface area contributed by atoms with Crippen LogP contribution in [0.25, 0.3) is 0 Å². The molecule has 0 unspecified atom stereocenters. The van der Waals surface area contributed by atoms with Crippen LogP contribution in [0.2, 0.25) is 0 Å². The molecule has 0 saturated carbocycles. The number of urea groups is 1. The lowest BCUT2D eigenvalue weighted by Crippen LogP contribution is -2.50. The summed E-state index contributed by atoms with van der Waals surface area (Å²) in [6.45, 7) is 9.35. The summed E-state index contributed by atoms with van der Waals surface area (Å²) in [4.78, 5) is 22.5. The van der Waals surface area contributed by atoms with Gasteiger partial charge in [-0.15, -0.1) is 0 Å². The zero-order valence-corrected chi connectivity index (χ0v) is 17.3. The first kappa shape index (κ1) is 22.1. The van der Waals surface area contributed by atoms with Crippen LogP contribution in [0.5, 0.6) is 5.75 Å². The first-order valence-electron chi connectivity index (χ1n) is 9.42. The van der Waals surface area contributed by atoms with Crippen LogP contribution in [-0.4, -0.2) is 38.2 Å². The van der Waals surface area contributed by atoms with Crippen molar-refractivity contribution in [3.05, 3.63) is 59.7 Å². The van der Waals surface area contributed by atoms with Crippen molar-refractivity contribution in [2.75, 3.05) is 25.1 Å². The van der Waals surface area contributed by atoms with Gasteiger partial charge in [0.25, 0.3) is 0 Å². The minimum Gasteiger partial charge on any atom is -0.487 e. The van der Waals surface area contributed by atoms with E-state index in [1.165, 1.54) is 12.3 Å². The van der Waals surface area contributed by atoms with Crippen molar-refractivity contribution in [1.82, 2.24) is 5.32 Å². The van der Waals surface area contributed by atoms with Gasteiger partial charge in [0.1, 0.15) is 23.9 Å². The van der Waals surface area contributed by atoms with Crippen molar-refractivity contribution in [3.8, 4) is 5.75 Å². The lowest BCUT2D eigenvalue weighted by Gasteiger charge is -2.31. The molecule has 1 aromatic carbocycles. The zero-order chi connectivity index (χ0) is 21.4. The molecule has 2 rings (SSSR count). The Morgan fingerprint density at radius 2 is 2.21 bits per heavy atom. The number of nitrogens with one attached hydrogen (secondary N) is 1. The van der Waals surface area contributed by atoms with Crippen LogP contribution in [0.3, 0.4) is 0 Å². The van der Waals surface area contributed by atoms with Crippen LogP contribution < -0.4 is 15.0 Å². The predicted octanol–water partition coefficient (Wildman–Crippen LogP) is 4.73. The van der Waals surface area contributed by atoms with E-state index in [0.717, 1.165) is 11.3 Å². The average molecular weight is 398 g/mol. The highest BCUT2D eigenvalue weighted by molar-refractivity contribution is 6.14. The number of carbonyl (C=O) groups is 1. The molecule has 0 radical (unpaired) electrons. The van der Waals surface area contributed by atoms with E-state index in [0.29, 0.717) is 23.7 Å². The van der Waals surface area contributed by atoms with Crippen LogP contribution in [-0.2, 0) is 0 Å². The monoisotopic (exact) mass is 398 g/mol. The molecule has 2 amide bonds. The summed E-state index contributed by atoms with van der Waals surface area (Å²) in [5, 5.41) is 2.85. The summed E-state index contributed by atoms with van der Waals surface area (Å²) >= 11 is 0. The molecule has 1 aliphatic heterocycles. The highest BCUT2D eigenvalue weighted by atomic mass is 19.1. The fourth-order valence-electron chi connectivity index (χ4n) is 2.84. The second-order valence-electron chi connectivity index (χ2n) is 6.34. The van der Waals surface area contributed by atoms with Crippen LogP contribution in [0, 0.1) is 6.92 Å². The quantitative estimate of drug-likeness (QED) is 0.675. The second kappa shape index (κ2) is 10.4. The minimum atomic E-state index is -0.339. The Hall–Kier alpha value is -3.22. The van der Waals surface area contributed by atoms with Crippen molar-refractivity contribution in [3.63, 3.8) is 0 Å². The minimum absolute atomic E-state index is 0.0247. The predicted molar refractivity (Wildman–Crippen MR) is 117 cm³/mol. The molecule has 0 aliphatic carbocycles. The number of nitrogens with zero attached hydrogens (tertiary/aromatic N) is 3. The van der Waals surface area contributed by atoms with Crippen molar-refractivity contribution >= 4 is 23.6 Å². The Kier molecular flexibility index (Phi) is 7.88. The number of aryl methyl sites for hydroxylation is 1. The molecule has 7 heteroatoms. The van der Waals surface area contributed by atoms with E-state index < -0.39 is 0 Å². The number of anilines is 1. The molecule has 0 atom stereocenters. The molecule has 0 aromatic heterocycles. The van der Waals surface area contributed by atoms with Crippen LogP contribution in [0.15, 0.2) is 64.1 Å². The Morgan fingerprint density at radius 1 is 1.45 bits per heavy atom. The topological polar surface area (TPSA) is 66.3 Å². The van der Waals surface area contributed by atoms with E-state index in [1.807, 2.05) is 26.0 Å². The van der Waals surface area contributed by atoms with Crippen LogP contribution in [0.1, 0.15) is 25.8 Å². The first-order valence-corrected chi connectivity index (χ1v) is 9.42. The molecule has 1 aliphatic rings. The molecular formula is C22H27FN4O2. The zero-order valence-electron chi connectivity index (χ0n) is 17.3. The smallest absolute Gasteiger partial charge is 0.326 e. The number of rotatable bonds is 7. The summed E-state index contributed by atoms with van der Waals surface area (Å²) < 4.78 is 19.8. The maximum absolute atomic E-state index is 14.0. The van der Waals surface area contributed by atoms with Crippen molar-refractivity contribution in [2.45, 2.75) is 27.2 Å². The van der Waals surface area contributed by atoms with Gasteiger partial charge < -0.3 is 10.1 Å². The first-order chi connectivity index (χ1) is 13.9. The number of allylic oxidation sites excluding steroid dienone is 3. The van der Waals surface area contributed by atoms with Crippen molar-refractivity contribution < 1.29 is 13.9 Å². The van der Waals surface area contributed by atoms with Gasteiger partial charge in [-0.05, 0) is 31.9 Å². The van der Waals surface area contributed by atoms with Gasteiger partial charge in [-0.25, -0.2) is 9.18 Å². The molecular weight excluding hydrogens is 371 g/mol. The lowest BCUT2D eigenvalue weighted by atomic mass is 10.1. The summed E-state index contributed by atoms with van der Waals surface area (Å²) in [5.74, 6) is 0.175. The number of hydrogen-bond donors (Lipinski definition) is 1. The highest BCUT2D eigenvalue weighted by Crippen LogP contribution is 2.28. The van der Waals surface area contributed by atoms with E-state index >= 15 is 0 Å². The average Bonchev–Trinajstić information content (AvgIpc) is 2.74. The van der Waals surface area contributed by atoms with E-state index in [9.17, 15) is 9.18 Å². The van der Waals surface area contributed by atoms with Gasteiger partial charge in [-0.1, -0.05) is 31.7 Å². The van der Waals surface area contributed by atoms with Crippen molar-refractivity contribution in [2.24, 2.45) is 9.98 Å². The van der Waals surface area contributed by atoms with Gasteiger partial charge >= 0.3 is 6.03 Å². The third-order valence-corrected chi connectivity index (χ3v) is 4.47. The third-order valence-electron chi connectivity index (χ3n) is 4.47. The molecule has 1 heterocycles.